The van der Waals surface area contributed by atoms with Crippen molar-refractivity contribution >= 4 is 11.6 Å². The van der Waals surface area contributed by atoms with Gasteiger partial charge in [-0.25, -0.2) is 4.39 Å². The summed E-state index contributed by atoms with van der Waals surface area (Å²) in [6.07, 6.45) is 2.48. The molecule has 2 aromatic rings. The molecule has 2 nitrogen and oxygen atoms in total. The third kappa shape index (κ3) is 3.55. The molecule has 1 fully saturated rings. The van der Waals surface area contributed by atoms with Gasteiger partial charge in [0, 0.05) is 17.6 Å². The lowest BCUT2D eigenvalue weighted by atomic mass is 10.2. The summed E-state index contributed by atoms with van der Waals surface area (Å²) in [5.41, 5.74) is 1.59. The molecule has 21 heavy (non-hydrogen) atoms. The Morgan fingerprint density at radius 2 is 2.10 bits per heavy atom. The van der Waals surface area contributed by atoms with E-state index >= 15 is 0 Å². The molecule has 0 unspecified atom stereocenters. The third-order valence-corrected chi connectivity index (χ3v) is 3.92. The highest BCUT2D eigenvalue weighted by molar-refractivity contribution is 6.31. The monoisotopic (exact) mass is 305 g/mol. The summed E-state index contributed by atoms with van der Waals surface area (Å²) in [5.74, 6) is 0.419. The van der Waals surface area contributed by atoms with Gasteiger partial charge in [-0.15, -0.1) is 0 Å². The Hall–Kier alpha value is -1.58. The van der Waals surface area contributed by atoms with Gasteiger partial charge in [0.2, 0.25) is 0 Å². The van der Waals surface area contributed by atoms with Crippen LogP contribution in [0.25, 0.3) is 0 Å². The second-order valence-electron chi connectivity index (χ2n) is 5.40. The van der Waals surface area contributed by atoms with Crippen molar-refractivity contribution < 1.29 is 9.13 Å². The number of hydrogen-bond donors (Lipinski definition) is 1. The molecule has 4 heteroatoms. The zero-order chi connectivity index (χ0) is 14.8. The summed E-state index contributed by atoms with van der Waals surface area (Å²) < 4.78 is 19.5. The second kappa shape index (κ2) is 6.04. The lowest BCUT2D eigenvalue weighted by molar-refractivity contribution is 0.440. The van der Waals surface area contributed by atoms with Crippen LogP contribution in [0.3, 0.4) is 0 Å². The number of ether oxygens (including phenoxy) is 1. The van der Waals surface area contributed by atoms with Gasteiger partial charge in [0.05, 0.1) is 0 Å². The van der Waals surface area contributed by atoms with Gasteiger partial charge in [-0.1, -0.05) is 29.8 Å². The smallest absolute Gasteiger partial charge is 0.168 e. The first kappa shape index (κ1) is 14.4. The fourth-order valence-corrected chi connectivity index (χ4v) is 2.34. The van der Waals surface area contributed by atoms with Crippen molar-refractivity contribution in [2.24, 2.45) is 0 Å². The van der Waals surface area contributed by atoms with E-state index in [0.717, 1.165) is 12.1 Å². The van der Waals surface area contributed by atoms with Crippen LogP contribution in [0.4, 0.5) is 4.39 Å². The van der Waals surface area contributed by atoms with Crippen LogP contribution in [0.15, 0.2) is 36.4 Å². The molecule has 0 amide bonds. The van der Waals surface area contributed by atoms with E-state index in [0.29, 0.717) is 22.4 Å². The second-order valence-corrected chi connectivity index (χ2v) is 5.80. The van der Waals surface area contributed by atoms with Crippen molar-refractivity contribution in [1.29, 1.82) is 0 Å². The Morgan fingerprint density at radius 1 is 1.29 bits per heavy atom. The quantitative estimate of drug-likeness (QED) is 0.854. The standard InChI is InChI=1S/C17H17ClFNO/c1-11-3-2-4-16(17(11)19)21-14-8-5-12(15(18)9-14)10-20-13-6-7-13/h2-5,8-9,13,20H,6-7,10H2,1H3. The maximum absolute atomic E-state index is 13.9. The molecule has 1 aliphatic carbocycles. The summed E-state index contributed by atoms with van der Waals surface area (Å²) >= 11 is 6.26. The number of halogens is 2. The lowest BCUT2D eigenvalue weighted by Crippen LogP contribution is -2.15. The van der Waals surface area contributed by atoms with Crippen LogP contribution < -0.4 is 10.1 Å². The van der Waals surface area contributed by atoms with E-state index in [1.165, 1.54) is 12.8 Å². The molecule has 1 N–H and O–H groups in total. The maximum atomic E-state index is 13.9. The Bertz CT molecular complexity index is 655. The average molecular weight is 306 g/mol. The van der Waals surface area contributed by atoms with Crippen LogP contribution in [0, 0.1) is 12.7 Å². The molecule has 1 aliphatic rings. The fraction of sp³-hybridized carbons (Fsp3) is 0.294. The highest BCUT2D eigenvalue weighted by atomic mass is 35.5. The minimum absolute atomic E-state index is 0.218. The molecule has 1 saturated carbocycles. The first-order valence-corrected chi connectivity index (χ1v) is 7.46. The predicted molar refractivity (Wildman–Crippen MR) is 82.5 cm³/mol. The van der Waals surface area contributed by atoms with Crippen molar-refractivity contribution in [3.63, 3.8) is 0 Å². The molecule has 0 aliphatic heterocycles. The summed E-state index contributed by atoms with van der Waals surface area (Å²) in [5, 5.41) is 4.05. The van der Waals surface area contributed by atoms with Crippen molar-refractivity contribution in [3.05, 3.63) is 58.4 Å². The van der Waals surface area contributed by atoms with Gasteiger partial charge in [-0.3, -0.25) is 0 Å². The van der Waals surface area contributed by atoms with Crippen molar-refractivity contribution in [1.82, 2.24) is 5.32 Å². The number of nitrogens with one attached hydrogen (secondary N) is 1. The average Bonchev–Trinajstić information content (AvgIpc) is 3.27. The van der Waals surface area contributed by atoms with Gasteiger partial charge in [0.1, 0.15) is 5.75 Å². The van der Waals surface area contributed by atoms with E-state index in [2.05, 4.69) is 5.32 Å². The number of hydrogen-bond acceptors (Lipinski definition) is 2. The highest BCUT2D eigenvalue weighted by Gasteiger charge is 2.20. The molecular formula is C17H17ClFNO. The van der Waals surface area contributed by atoms with E-state index in [9.17, 15) is 4.39 Å². The van der Waals surface area contributed by atoms with E-state index in [1.54, 1.807) is 31.2 Å². The molecule has 0 bridgehead atoms. The normalized spacial score (nSPS) is 14.2. The number of benzene rings is 2. The molecule has 0 spiro atoms. The molecule has 110 valence electrons. The summed E-state index contributed by atoms with van der Waals surface area (Å²) in [6, 6.07) is 11.2. The first-order chi connectivity index (χ1) is 10.1. The Morgan fingerprint density at radius 3 is 2.81 bits per heavy atom. The molecule has 0 heterocycles. The molecule has 0 atom stereocenters. The first-order valence-electron chi connectivity index (χ1n) is 7.08. The highest BCUT2D eigenvalue weighted by Crippen LogP contribution is 2.30. The molecule has 3 rings (SSSR count). The van der Waals surface area contributed by atoms with E-state index < -0.39 is 0 Å². The Kier molecular flexibility index (Phi) is 4.13. The number of aryl methyl sites for hydroxylation is 1. The molecule has 0 radical (unpaired) electrons. The SMILES string of the molecule is Cc1cccc(Oc2ccc(CNC3CC3)c(Cl)c2)c1F. The van der Waals surface area contributed by atoms with Gasteiger partial charge in [0.15, 0.2) is 11.6 Å². The van der Waals surface area contributed by atoms with Crippen LogP contribution in [0.2, 0.25) is 5.02 Å². The van der Waals surface area contributed by atoms with Crippen molar-refractivity contribution in [2.75, 3.05) is 0 Å². The molecular weight excluding hydrogens is 289 g/mol. The van der Waals surface area contributed by atoms with Crippen molar-refractivity contribution in [2.45, 2.75) is 32.4 Å². The summed E-state index contributed by atoms with van der Waals surface area (Å²) in [6.45, 7) is 2.46. The molecule has 0 saturated heterocycles. The minimum atomic E-state index is -0.340. The lowest BCUT2D eigenvalue weighted by Gasteiger charge is -2.11. The van der Waals surface area contributed by atoms with Crippen LogP contribution in [0.1, 0.15) is 24.0 Å². The van der Waals surface area contributed by atoms with Crippen LogP contribution in [0.5, 0.6) is 11.5 Å². The van der Waals surface area contributed by atoms with Crippen LogP contribution in [-0.2, 0) is 6.54 Å². The van der Waals surface area contributed by atoms with Gasteiger partial charge >= 0.3 is 0 Å². The van der Waals surface area contributed by atoms with Crippen LogP contribution in [-0.4, -0.2) is 6.04 Å². The summed E-state index contributed by atoms with van der Waals surface area (Å²) in [4.78, 5) is 0. The predicted octanol–water partition coefficient (Wildman–Crippen LogP) is 4.83. The van der Waals surface area contributed by atoms with Crippen LogP contribution >= 0.6 is 11.6 Å². The van der Waals surface area contributed by atoms with Gasteiger partial charge in [0.25, 0.3) is 0 Å². The zero-order valence-electron chi connectivity index (χ0n) is 11.8. The Balaban J connectivity index is 1.73. The topological polar surface area (TPSA) is 21.3 Å². The maximum Gasteiger partial charge on any atom is 0.168 e. The zero-order valence-corrected chi connectivity index (χ0v) is 12.6. The van der Waals surface area contributed by atoms with Gasteiger partial charge in [-0.05, 0) is 49.1 Å². The molecule has 0 aromatic heterocycles. The minimum Gasteiger partial charge on any atom is -0.454 e. The molecule has 2 aromatic carbocycles. The van der Waals surface area contributed by atoms with E-state index in [1.807, 2.05) is 12.1 Å². The van der Waals surface area contributed by atoms with Gasteiger partial charge in [-0.2, -0.15) is 0 Å². The third-order valence-electron chi connectivity index (χ3n) is 3.57. The van der Waals surface area contributed by atoms with Gasteiger partial charge < -0.3 is 10.1 Å². The fourth-order valence-electron chi connectivity index (χ4n) is 2.10. The van der Waals surface area contributed by atoms with E-state index in [-0.39, 0.29) is 11.6 Å². The number of rotatable bonds is 5. The summed E-state index contributed by atoms with van der Waals surface area (Å²) in [7, 11) is 0. The Labute approximate surface area is 128 Å². The van der Waals surface area contributed by atoms with Crippen molar-refractivity contribution in [3.8, 4) is 11.5 Å². The van der Waals surface area contributed by atoms with E-state index in [4.69, 9.17) is 16.3 Å². The largest absolute Gasteiger partial charge is 0.454 e.